The highest BCUT2D eigenvalue weighted by atomic mass is 16.6. The van der Waals surface area contributed by atoms with Gasteiger partial charge in [0.15, 0.2) is 0 Å². The molecule has 1 saturated heterocycles. The van der Waals surface area contributed by atoms with Gasteiger partial charge in [0.05, 0.1) is 17.9 Å². The van der Waals surface area contributed by atoms with Gasteiger partial charge in [-0.2, -0.15) is 0 Å². The summed E-state index contributed by atoms with van der Waals surface area (Å²) in [7, 11) is 0. The number of nitrogens with zero attached hydrogens (tertiary/aromatic N) is 2. The summed E-state index contributed by atoms with van der Waals surface area (Å²) < 4.78 is 5.23. The van der Waals surface area contributed by atoms with Crippen molar-refractivity contribution in [3.63, 3.8) is 0 Å². The van der Waals surface area contributed by atoms with E-state index in [9.17, 15) is 14.7 Å². The predicted octanol–water partition coefficient (Wildman–Crippen LogP) is 2.04. The van der Waals surface area contributed by atoms with E-state index >= 15 is 0 Å². The van der Waals surface area contributed by atoms with Crippen LogP contribution in [0.3, 0.4) is 0 Å². The van der Waals surface area contributed by atoms with Crippen molar-refractivity contribution in [1.29, 1.82) is 0 Å². The number of carboxylic acid groups (broad SMARTS) is 1. The summed E-state index contributed by atoms with van der Waals surface area (Å²) in [5.74, 6) is 0.176. The molecule has 1 aliphatic heterocycles. The fraction of sp³-hybridized carbons (Fsp3) is 0.500. The molecule has 4 atom stereocenters. The molecule has 1 aliphatic carbocycles. The van der Waals surface area contributed by atoms with Crippen molar-refractivity contribution in [3.05, 3.63) is 24.0 Å². The topological polar surface area (TPSA) is 106 Å². The molecule has 1 aromatic rings. The Labute approximate surface area is 121 Å². The average molecular weight is 291 g/mol. The first-order chi connectivity index (χ1) is 9.99. The Morgan fingerprint density at radius 2 is 2.29 bits per heavy atom. The van der Waals surface area contributed by atoms with Crippen LogP contribution < -0.4 is 5.73 Å². The molecule has 7 heteroatoms. The van der Waals surface area contributed by atoms with E-state index in [0.29, 0.717) is 12.1 Å². The van der Waals surface area contributed by atoms with Crippen molar-refractivity contribution in [2.24, 2.45) is 5.92 Å². The molecule has 3 N–H and O–H groups in total. The molecule has 1 saturated carbocycles. The number of carbonyl (C=O) groups excluding carboxylic acids is 1. The van der Waals surface area contributed by atoms with Crippen LogP contribution in [0.5, 0.6) is 0 Å². The van der Waals surface area contributed by atoms with Gasteiger partial charge in [0, 0.05) is 6.20 Å². The number of imide groups is 1. The maximum Gasteiger partial charge on any atom is 0.420 e. The van der Waals surface area contributed by atoms with Crippen LogP contribution in [0, 0.1) is 5.92 Å². The van der Waals surface area contributed by atoms with Crippen LogP contribution in [0.2, 0.25) is 0 Å². The molecule has 0 radical (unpaired) electrons. The van der Waals surface area contributed by atoms with Crippen LogP contribution in [-0.4, -0.2) is 39.3 Å². The van der Waals surface area contributed by atoms with Gasteiger partial charge in [-0.05, 0) is 36.3 Å². The van der Waals surface area contributed by atoms with Crippen LogP contribution in [0.25, 0.3) is 0 Å². The maximum atomic E-state index is 11.7. The Hall–Kier alpha value is -2.31. The average Bonchev–Trinajstić information content (AvgIpc) is 2.76. The van der Waals surface area contributed by atoms with E-state index in [2.05, 4.69) is 4.98 Å². The second-order valence-corrected chi connectivity index (χ2v) is 5.72. The van der Waals surface area contributed by atoms with E-state index < -0.39 is 18.2 Å². The van der Waals surface area contributed by atoms with Gasteiger partial charge < -0.3 is 15.6 Å². The molecule has 0 bridgehead atoms. The summed E-state index contributed by atoms with van der Waals surface area (Å²) in [6, 6.07) is 1.41. The predicted molar refractivity (Wildman–Crippen MR) is 73.7 cm³/mol. The van der Waals surface area contributed by atoms with E-state index in [1.165, 1.54) is 0 Å². The van der Waals surface area contributed by atoms with Crippen LogP contribution in [0.4, 0.5) is 15.3 Å². The molecule has 2 heterocycles. The fourth-order valence-electron chi connectivity index (χ4n) is 3.50. The Bertz CT molecular complexity index is 591. The summed E-state index contributed by atoms with van der Waals surface area (Å²) in [6.07, 6.45) is 2.20. The molecule has 112 valence electrons. The molecule has 4 unspecified atom stereocenters. The highest BCUT2D eigenvalue weighted by Crippen LogP contribution is 2.43. The third kappa shape index (κ3) is 2.18. The molecule has 7 nitrogen and oxygen atoms in total. The first kappa shape index (κ1) is 13.7. The van der Waals surface area contributed by atoms with Crippen LogP contribution >= 0.6 is 0 Å². The van der Waals surface area contributed by atoms with Gasteiger partial charge in [-0.25, -0.2) is 14.5 Å². The molecule has 2 fully saturated rings. The highest BCUT2D eigenvalue weighted by Gasteiger charge is 2.51. The lowest BCUT2D eigenvalue weighted by molar-refractivity contribution is 0.0664. The summed E-state index contributed by atoms with van der Waals surface area (Å²) in [6.45, 7) is 1.97. The zero-order chi connectivity index (χ0) is 15.1. The second kappa shape index (κ2) is 4.91. The van der Waals surface area contributed by atoms with Gasteiger partial charge >= 0.3 is 12.2 Å². The minimum atomic E-state index is -1.26. The molecular weight excluding hydrogens is 274 g/mol. The van der Waals surface area contributed by atoms with Crippen LogP contribution in [0.15, 0.2) is 18.5 Å². The van der Waals surface area contributed by atoms with E-state index in [1.54, 1.807) is 12.4 Å². The number of carbonyl (C=O) groups is 2. The lowest BCUT2D eigenvalue weighted by atomic mass is 9.74. The number of fused-ring (bicyclic) bond motifs is 1. The summed E-state index contributed by atoms with van der Waals surface area (Å²) in [5, 5.41) is 9.21. The van der Waals surface area contributed by atoms with Gasteiger partial charge in [-0.1, -0.05) is 6.92 Å². The molecule has 1 aromatic heterocycles. The number of aromatic nitrogens is 1. The number of amides is 2. The Morgan fingerprint density at radius 3 is 2.95 bits per heavy atom. The number of pyridine rings is 1. The molecule has 2 amide bonds. The van der Waals surface area contributed by atoms with Crippen molar-refractivity contribution in [2.45, 2.75) is 37.8 Å². The van der Waals surface area contributed by atoms with E-state index in [1.807, 2.05) is 13.0 Å². The smallest absolute Gasteiger partial charge is 0.420 e. The molecule has 0 spiro atoms. The minimum Gasteiger partial charge on any atom is -0.465 e. The van der Waals surface area contributed by atoms with E-state index in [0.717, 1.165) is 16.9 Å². The first-order valence-corrected chi connectivity index (χ1v) is 6.91. The van der Waals surface area contributed by atoms with Gasteiger partial charge in [0.25, 0.3) is 0 Å². The second-order valence-electron chi connectivity index (χ2n) is 5.72. The van der Waals surface area contributed by atoms with Crippen LogP contribution in [-0.2, 0) is 4.74 Å². The Balaban J connectivity index is 1.90. The normalized spacial score (nSPS) is 31.7. The zero-order valence-corrected chi connectivity index (χ0v) is 11.6. The summed E-state index contributed by atoms with van der Waals surface area (Å²) in [4.78, 5) is 27.8. The van der Waals surface area contributed by atoms with Gasteiger partial charge in [-0.15, -0.1) is 0 Å². The zero-order valence-electron chi connectivity index (χ0n) is 11.6. The van der Waals surface area contributed by atoms with Crippen molar-refractivity contribution in [1.82, 2.24) is 9.88 Å². The molecule has 21 heavy (non-hydrogen) atoms. The number of hydrogen-bond acceptors (Lipinski definition) is 5. The number of anilines is 1. The highest BCUT2D eigenvalue weighted by molar-refractivity contribution is 5.89. The quantitative estimate of drug-likeness (QED) is 0.820. The summed E-state index contributed by atoms with van der Waals surface area (Å²) >= 11 is 0. The van der Waals surface area contributed by atoms with Crippen molar-refractivity contribution < 1.29 is 19.4 Å². The number of nitrogen functional groups attached to an aromatic ring is 1. The summed E-state index contributed by atoms with van der Waals surface area (Å²) in [5.41, 5.74) is 7.52. The number of nitrogens with two attached hydrogens (primary N) is 1. The van der Waals surface area contributed by atoms with Crippen molar-refractivity contribution >= 4 is 17.9 Å². The van der Waals surface area contributed by atoms with E-state index in [-0.39, 0.29) is 17.9 Å². The van der Waals surface area contributed by atoms with Gasteiger partial charge in [0.1, 0.15) is 6.10 Å². The lowest BCUT2D eigenvalue weighted by Crippen LogP contribution is -2.46. The standard InChI is InChI=1S/C14H17N3O4/c1-7-4-8(9-2-3-16-6-10(9)15)5-11-12(7)21-14(20)17(11)13(18)19/h2-3,6-8,11-12H,4-5,15H2,1H3,(H,18,19). The van der Waals surface area contributed by atoms with Gasteiger partial charge in [0.2, 0.25) is 0 Å². The Morgan fingerprint density at radius 1 is 1.52 bits per heavy atom. The number of ether oxygens (including phenoxy) is 1. The molecular formula is C14H17N3O4. The fourth-order valence-corrected chi connectivity index (χ4v) is 3.50. The Kier molecular flexibility index (Phi) is 3.19. The largest absolute Gasteiger partial charge is 0.465 e. The van der Waals surface area contributed by atoms with Crippen molar-refractivity contribution in [3.8, 4) is 0 Å². The number of hydrogen-bond donors (Lipinski definition) is 2. The molecule has 3 rings (SSSR count). The van der Waals surface area contributed by atoms with Gasteiger partial charge in [-0.3, -0.25) is 4.98 Å². The van der Waals surface area contributed by atoms with E-state index in [4.69, 9.17) is 10.5 Å². The number of rotatable bonds is 1. The lowest BCUT2D eigenvalue weighted by Gasteiger charge is -2.36. The minimum absolute atomic E-state index is 0.0783. The maximum absolute atomic E-state index is 11.7. The first-order valence-electron chi connectivity index (χ1n) is 6.91. The molecule has 2 aliphatic rings. The molecule has 0 aromatic carbocycles. The third-order valence-electron chi connectivity index (χ3n) is 4.42. The third-order valence-corrected chi connectivity index (χ3v) is 4.42. The van der Waals surface area contributed by atoms with Crippen molar-refractivity contribution in [2.75, 3.05) is 5.73 Å². The van der Waals surface area contributed by atoms with Crippen LogP contribution in [0.1, 0.15) is 31.2 Å². The SMILES string of the molecule is CC1CC(c2ccncc2N)CC2C1OC(=O)N2C(=O)O. The monoisotopic (exact) mass is 291 g/mol.